The first-order valence-corrected chi connectivity index (χ1v) is 5.86. The van der Waals surface area contributed by atoms with E-state index in [1.807, 2.05) is 38.1 Å². The summed E-state index contributed by atoms with van der Waals surface area (Å²) in [7, 11) is 0. The molecule has 0 bridgehead atoms. The number of para-hydroxylation sites is 1. The molecule has 0 fully saturated rings. The van der Waals surface area contributed by atoms with Crippen LogP contribution in [0, 0.1) is 5.92 Å². The Hall–Kier alpha value is -1.31. The maximum atomic E-state index is 11.6. The van der Waals surface area contributed by atoms with E-state index in [1.165, 1.54) is 0 Å². The van der Waals surface area contributed by atoms with E-state index in [4.69, 9.17) is 4.74 Å². The molecule has 1 rings (SSSR count). The third-order valence-corrected chi connectivity index (χ3v) is 2.74. The fraction of sp³-hybridized carbons (Fsp3) is 0.500. The summed E-state index contributed by atoms with van der Waals surface area (Å²) in [6.07, 6.45) is 1.04. The first-order valence-electron chi connectivity index (χ1n) is 5.86. The minimum atomic E-state index is -0.171. The number of rotatable bonds is 4. The van der Waals surface area contributed by atoms with Crippen LogP contribution >= 0.6 is 0 Å². The molecule has 0 radical (unpaired) electrons. The monoisotopic (exact) mass is 220 g/mol. The summed E-state index contributed by atoms with van der Waals surface area (Å²) in [6.45, 7) is 7.95. The Kier molecular flexibility index (Phi) is 4.53. The lowest BCUT2D eigenvalue weighted by Gasteiger charge is -2.15. The fourth-order valence-electron chi connectivity index (χ4n) is 1.43. The van der Waals surface area contributed by atoms with E-state index >= 15 is 0 Å². The molecule has 0 aliphatic rings. The van der Waals surface area contributed by atoms with Crippen molar-refractivity contribution in [3.05, 3.63) is 29.8 Å². The van der Waals surface area contributed by atoms with Gasteiger partial charge >= 0.3 is 5.97 Å². The van der Waals surface area contributed by atoms with E-state index in [0.29, 0.717) is 11.7 Å². The second kappa shape index (κ2) is 5.69. The molecule has 1 aromatic rings. The zero-order valence-electron chi connectivity index (χ0n) is 10.5. The summed E-state index contributed by atoms with van der Waals surface area (Å²) in [6, 6.07) is 7.77. The van der Waals surface area contributed by atoms with Gasteiger partial charge in [0.2, 0.25) is 0 Å². The smallest absolute Gasteiger partial charge is 0.313 e. The van der Waals surface area contributed by atoms with Crippen LogP contribution in [0.25, 0.3) is 0 Å². The lowest BCUT2D eigenvalue weighted by Crippen LogP contribution is -2.16. The third-order valence-electron chi connectivity index (χ3n) is 2.74. The molecule has 0 spiro atoms. The molecule has 0 N–H and O–H groups in total. The predicted octanol–water partition coefficient (Wildman–Crippen LogP) is 3.76. The van der Waals surface area contributed by atoms with Crippen molar-refractivity contribution in [1.29, 1.82) is 0 Å². The Morgan fingerprint density at radius 2 is 1.88 bits per heavy atom. The number of benzene rings is 1. The van der Waals surface area contributed by atoms with Gasteiger partial charge in [-0.2, -0.15) is 0 Å². The molecule has 0 amide bonds. The number of carbonyl (C=O) groups is 1. The van der Waals surface area contributed by atoms with Crippen molar-refractivity contribution in [1.82, 2.24) is 0 Å². The van der Waals surface area contributed by atoms with E-state index in [9.17, 15) is 4.79 Å². The molecule has 2 heteroatoms. The number of hydrogen-bond donors (Lipinski definition) is 0. The molecule has 0 aliphatic carbocycles. The number of hydrogen-bond acceptors (Lipinski definition) is 2. The summed E-state index contributed by atoms with van der Waals surface area (Å²) >= 11 is 0. The Labute approximate surface area is 97.6 Å². The van der Waals surface area contributed by atoms with Gasteiger partial charge in [-0.1, -0.05) is 45.9 Å². The van der Waals surface area contributed by atoms with Gasteiger partial charge in [0.1, 0.15) is 5.75 Å². The van der Waals surface area contributed by atoms with Crippen LogP contribution in [0.15, 0.2) is 24.3 Å². The van der Waals surface area contributed by atoms with Crippen molar-refractivity contribution < 1.29 is 9.53 Å². The topological polar surface area (TPSA) is 26.3 Å². The number of esters is 1. The first-order chi connectivity index (χ1) is 7.56. The standard InChI is InChI=1S/C14H20O2/c1-5-11(4)12-8-6-7-9-13(12)16-14(15)10(2)3/h6-11H,5H2,1-4H3. The number of ether oxygens (including phenoxy) is 1. The highest BCUT2D eigenvalue weighted by Crippen LogP contribution is 2.28. The van der Waals surface area contributed by atoms with Gasteiger partial charge in [0.25, 0.3) is 0 Å². The highest BCUT2D eigenvalue weighted by Gasteiger charge is 2.14. The molecule has 0 saturated carbocycles. The van der Waals surface area contributed by atoms with Gasteiger partial charge in [0, 0.05) is 0 Å². The van der Waals surface area contributed by atoms with Crippen LogP contribution in [0.2, 0.25) is 0 Å². The zero-order valence-corrected chi connectivity index (χ0v) is 10.5. The summed E-state index contributed by atoms with van der Waals surface area (Å²) in [4.78, 5) is 11.6. The summed E-state index contributed by atoms with van der Waals surface area (Å²) in [5, 5.41) is 0. The Balaban J connectivity index is 2.91. The molecule has 0 aromatic heterocycles. The Morgan fingerprint density at radius 1 is 1.25 bits per heavy atom. The van der Waals surface area contributed by atoms with E-state index in [2.05, 4.69) is 13.8 Å². The van der Waals surface area contributed by atoms with Crippen molar-refractivity contribution in [2.24, 2.45) is 5.92 Å². The second-order valence-electron chi connectivity index (χ2n) is 4.42. The van der Waals surface area contributed by atoms with Crippen molar-refractivity contribution >= 4 is 5.97 Å². The minimum absolute atomic E-state index is 0.0926. The van der Waals surface area contributed by atoms with Crippen molar-refractivity contribution in [2.75, 3.05) is 0 Å². The average molecular weight is 220 g/mol. The van der Waals surface area contributed by atoms with E-state index < -0.39 is 0 Å². The lowest BCUT2D eigenvalue weighted by atomic mass is 9.98. The van der Waals surface area contributed by atoms with E-state index in [0.717, 1.165) is 12.0 Å². The molecular formula is C14H20O2. The van der Waals surface area contributed by atoms with Crippen LogP contribution in [0.3, 0.4) is 0 Å². The number of carbonyl (C=O) groups excluding carboxylic acids is 1. The molecule has 1 atom stereocenters. The largest absolute Gasteiger partial charge is 0.426 e. The zero-order chi connectivity index (χ0) is 12.1. The van der Waals surface area contributed by atoms with Crippen molar-refractivity contribution in [3.8, 4) is 5.75 Å². The Bertz CT molecular complexity index is 356. The van der Waals surface area contributed by atoms with E-state index in [1.54, 1.807) is 0 Å². The fourth-order valence-corrected chi connectivity index (χ4v) is 1.43. The second-order valence-corrected chi connectivity index (χ2v) is 4.42. The van der Waals surface area contributed by atoms with Gasteiger partial charge in [-0.3, -0.25) is 4.79 Å². The molecule has 88 valence electrons. The molecular weight excluding hydrogens is 200 g/mol. The summed E-state index contributed by atoms with van der Waals surface area (Å²) in [5.74, 6) is 0.854. The summed E-state index contributed by atoms with van der Waals surface area (Å²) < 4.78 is 5.39. The maximum Gasteiger partial charge on any atom is 0.313 e. The normalized spacial score (nSPS) is 12.6. The van der Waals surface area contributed by atoms with Gasteiger partial charge in [-0.05, 0) is 24.0 Å². The van der Waals surface area contributed by atoms with Gasteiger partial charge in [0.15, 0.2) is 0 Å². The predicted molar refractivity (Wildman–Crippen MR) is 65.6 cm³/mol. The molecule has 1 aromatic carbocycles. The van der Waals surface area contributed by atoms with Crippen LogP contribution in [-0.4, -0.2) is 5.97 Å². The molecule has 0 heterocycles. The molecule has 0 saturated heterocycles. The average Bonchev–Trinajstić information content (AvgIpc) is 2.28. The first kappa shape index (κ1) is 12.8. The van der Waals surface area contributed by atoms with Crippen LogP contribution < -0.4 is 4.74 Å². The van der Waals surface area contributed by atoms with Gasteiger partial charge in [-0.15, -0.1) is 0 Å². The van der Waals surface area contributed by atoms with Gasteiger partial charge in [0.05, 0.1) is 5.92 Å². The Morgan fingerprint density at radius 3 is 2.44 bits per heavy atom. The highest BCUT2D eigenvalue weighted by atomic mass is 16.5. The molecule has 2 nitrogen and oxygen atoms in total. The lowest BCUT2D eigenvalue weighted by molar-refractivity contribution is -0.137. The highest BCUT2D eigenvalue weighted by molar-refractivity contribution is 5.74. The van der Waals surface area contributed by atoms with Crippen LogP contribution in [0.5, 0.6) is 5.75 Å². The van der Waals surface area contributed by atoms with Gasteiger partial charge in [-0.25, -0.2) is 0 Å². The minimum Gasteiger partial charge on any atom is -0.426 e. The third kappa shape index (κ3) is 3.09. The van der Waals surface area contributed by atoms with Gasteiger partial charge < -0.3 is 4.74 Å². The maximum absolute atomic E-state index is 11.6. The van der Waals surface area contributed by atoms with Crippen LogP contribution in [0.1, 0.15) is 45.6 Å². The molecule has 16 heavy (non-hydrogen) atoms. The van der Waals surface area contributed by atoms with Crippen LogP contribution in [0.4, 0.5) is 0 Å². The van der Waals surface area contributed by atoms with Crippen LogP contribution in [-0.2, 0) is 4.79 Å². The van der Waals surface area contributed by atoms with Crippen molar-refractivity contribution in [2.45, 2.75) is 40.0 Å². The summed E-state index contributed by atoms with van der Waals surface area (Å²) in [5.41, 5.74) is 1.11. The van der Waals surface area contributed by atoms with Crippen molar-refractivity contribution in [3.63, 3.8) is 0 Å². The SMILES string of the molecule is CCC(C)c1ccccc1OC(=O)C(C)C. The molecule has 0 aliphatic heterocycles. The molecule has 1 unspecified atom stereocenters. The van der Waals surface area contributed by atoms with E-state index in [-0.39, 0.29) is 11.9 Å². The quantitative estimate of drug-likeness (QED) is 0.570.